The molecule has 7 nitrogen and oxygen atoms in total. The van der Waals surface area contributed by atoms with Crippen LogP contribution in [0.5, 0.6) is 5.75 Å². The molecule has 1 fully saturated rings. The summed E-state index contributed by atoms with van der Waals surface area (Å²) >= 11 is 0. The number of alkyl halides is 5. The standard InChI is InChI=1S/C22H21F7N2O5/c1-9-15(11-3-4-12(23)16(24)17(11)35-20(25)26)18(36-21(9,2)22(27,28)29)19(34)31-10-5-6-30-13(7-10)14(33)8-32/h3-7,9,14-15,18,20,32-33H,8H2,1-2H3,(H,30,31,34)/t9-,14+,15-,18+,21+/m0/s1. The molecule has 36 heavy (non-hydrogen) atoms. The number of rotatable bonds is 7. The van der Waals surface area contributed by atoms with Gasteiger partial charge < -0.3 is 25.0 Å². The van der Waals surface area contributed by atoms with Crippen molar-refractivity contribution in [1.82, 2.24) is 4.98 Å². The Balaban J connectivity index is 2.08. The Bertz CT molecular complexity index is 1120. The molecule has 0 bridgehead atoms. The molecule has 0 saturated carbocycles. The molecule has 1 aliphatic rings. The molecule has 3 N–H and O–H groups in total. The molecule has 14 heteroatoms. The monoisotopic (exact) mass is 526 g/mol. The first-order chi connectivity index (χ1) is 16.7. The molecular formula is C22H21F7N2O5. The van der Waals surface area contributed by atoms with E-state index in [1.54, 1.807) is 0 Å². The van der Waals surface area contributed by atoms with E-state index in [9.17, 15) is 40.6 Å². The fraction of sp³-hybridized carbons (Fsp3) is 0.455. The van der Waals surface area contributed by atoms with Crippen LogP contribution in [0.1, 0.15) is 37.1 Å². The minimum atomic E-state index is -5.04. The summed E-state index contributed by atoms with van der Waals surface area (Å²) in [7, 11) is 0. The molecule has 1 aromatic heterocycles. The van der Waals surface area contributed by atoms with E-state index in [0.29, 0.717) is 13.0 Å². The maximum Gasteiger partial charge on any atom is 0.417 e. The van der Waals surface area contributed by atoms with Crippen LogP contribution in [0.4, 0.5) is 36.4 Å². The second-order valence-electron chi connectivity index (χ2n) is 8.27. The van der Waals surface area contributed by atoms with Gasteiger partial charge in [0.05, 0.1) is 12.3 Å². The number of benzene rings is 1. The zero-order valence-electron chi connectivity index (χ0n) is 18.7. The summed E-state index contributed by atoms with van der Waals surface area (Å²) in [5, 5.41) is 21.1. The topological polar surface area (TPSA) is 101 Å². The van der Waals surface area contributed by atoms with Crippen LogP contribution in [0.3, 0.4) is 0 Å². The average molecular weight is 526 g/mol. The van der Waals surface area contributed by atoms with Gasteiger partial charge in [-0.25, -0.2) is 4.39 Å². The van der Waals surface area contributed by atoms with Gasteiger partial charge in [0, 0.05) is 29.3 Å². The molecule has 3 rings (SSSR count). The minimum absolute atomic E-state index is 0.0533. The van der Waals surface area contributed by atoms with E-state index in [4.69, 9.17) is 9.84 Å². The number of hydrogen-bond donors (Lipinski definition) is 3. The zero-order chi connectivity index (χ0) is 27.0. The predicted octanol–water partition coefficient (Wildman–Crippen LogP) is 4.07. The maximum absolute atomic E-state index is 14.4. The van der Waals surface area contributed by atoms with E-state index in [0.717, 1.165) is 25.3 Å². The molecule has 2 aromatic rings. The summed E-state index contributed by atoms with van der Waals surface area (Å²) in [6.45, 7) is -2.68. The Kier molecular flexibility index (Phi) is 7.81. The number of hydrogen-bond acceptors (Lipinski definition) is 6. The molecule has 1 amide bonds. The highest BCUT2D eigenvalue weighted by molar-refractivity contribution is 5.95. The molecule has 198 valence electrons. The lowest BCUT2D eigenvalue weighted by atomic mass is 9.77. The number of pyridine rings is 1. The third-order valence-corrected chi connectivity index (χ3v) is 6.14. The lowest BCUT2D eigenvalue weighted by Crippen LogP contribution is -2.47. The maximum atomic E-state index is 14.4. The number of anilines is 1. The Morgan fingerprint density at radius 2 is 1.94 bits per heavy atom. The lowest BCUT2D eigenvalue weighted by molar-refractivity contribution is -0.272. The molecular weight excluding hydrogens is 505 g/mol. The summed E-state index contributed by atoms with van der Waals surface area (Å²) in [4.78, 5) is 16.9. The van der Waals surface area contributed by atoms with Gasteiger partial charge in [0.2, 0.25) is 5.82 Å². The molecule has 0 spiro atoms. The van der Waals surface area contributed by atoms with E-state index in [1.807, 2.05) is 0 Å². The van der Waals surface area contributed by atoms with Crippen molar-refractivity contribution in [3.05, 3.63) is 53.4 Å². The van der Waals surface area contributed by atoms with Crippen molar-refractivity contribution < 1.29 is 55.2 Å². The predicted molar refractivity (Wildman–Crippen MR) is 109 cm³/mol. The van der Waals surface area contributed by atoms with Crippen molar-refractivity contribution in [2.75, 3.05) is 11.9 Å². The highest BCUT2D eigenvalue weighted by atomic mass is 19.4. The second kappa shape index (κ2) is 10.2. The van der Waals surface area contributed by atoms with Gasteiger partial charge in [0.25, 0.3) is 5.91 Å². The van der Waals surface area contributed by atoms with Crippen molar-refractivity contribution in [2.45, 2.75) is 50.4 Å². The highest BCUT2D eigenvalue weighted by Crippen LogP contribution is 2.55. The summed E-state index contributed by atoms with van der Waals surface area (Å²) in [5.41, 5.74) is -3.73. The lowest BCUT2D eigenvalue weighted by Gasteiger charge is -2.32. The minimum Gasteiger partial charge on any atom is -0.431 e. The molecule has 0 aliphatic carbocycles. The Hall–Kier alpha value is -2.97. The number of aliphatic hydroxyl groups is 2. The largest absolute Gasteiger partial charge is 0.431 e. The van der Waals surface area contributed by atoms with Crippen molar-refractivity contribution >= 4 is 11.6 Å². The van der Waals surface area contributed by atoms with Crippen LogP contribution in [-0.4, -0.2) is 52.2 Å². The van der Waals surface area contributed by atoms with E-state index in [2.05, 4.69) is 15.0 Å². The molecule has 1 aromatic carbocycles. The fourth-order valence-corrected chi connectivity index (χ4v) is 4.06. The molecule has 2 heterocycles. The van der Waals surface area contributed by atoms with Crippen molar-refractivity contribution in [2.24, 2.45) is 5.92 Å². The molecule has 5 atom stereocenters. The number of aromatic nitrogens is 1. The number of halogens is 7. The molecule has 1 saturated heterocycles. The third kappa shape index (κ3) is 5.11. The van der Waals surface area contributed by atoms with Gasteiger partial charge in [-0.15, -0.1) is 0 Å². The molecule has 0 radical (unpaired) electrons. The van der Waals surface area contributed by atoms with Gasteiger partial charge in [-0.1, -0.05) is 13.0 Å². The summed E-state index contributed by atoms with van der Waals surface area (Å²) < 4.78 is 105. The molecule has 0 unspecified atom stereocenters. The number of nitrogens with zero attached hydrogens (tertiary/aromatic N) is 1. The number of carbonyl (C=O) groups excluding carboxylic acids is 1. The first-order valence-electron chi connectivity index (χ1n) is 10.4. The average Bonchev–Trinajstić information content (AvgIpc) is 3.08. The Morgan fingerprint density at radius 1 is 1.28 bits per heavy atom. The van der Waals surface area contributed by atoms with Crippen LogP contribution in [0.25, 0.3) is 0 Å². The normalized spacial score (nSPS) is 25.2. The summed E-state index contributed by atoms with van der Waals surface area (Å²) in [5.74, 6) is -9.33. The van der Waals surface area contributed by atoms with E-state index in [1.165, 1.54) is 6.07 Å². The van der Waals surface area contributed by atoms with E-state index >= 15 is 0 Å². The number of aliphatic hydroxyl groups excluding tert-OH is 2. The SMILES string of the molecule is C[C@H]1[C@@H](c2ccc(F)c(F)c2OC(F)F)[C@H](C(=O)Nc2ccnc([C@H](O)CO)c2)O[C@@]1(C)C(F)(F)F. The van der Waals surface area contributed by atoms with Crippen LogP contribution in [0, 0.1) is 17.6 Å². The van der Waals surface area contributed by atoms with E-state index in [-0.39, 0.29) is 11.4 Å². The molecule has 1 aliphatic heterocycles. The highest BCUT2D eigenvalue weighted by Gasteiger charge is 2.66. The first kappa shape index (κ1) is 27.6. The van der Waals surface area contributed by atoms with Crippen LogP contribution < -0.4 is 10.1 Å². The van der Waals surface area contributed by atoms with Crippen molar-refractivity contribution in [3.63, 3.8) is 0 Å². The van der Waals surface area contributed by atoms with Crippen LogP contribution in [0.15, 0.2) is 30.5 Å². The number of carbonyl (C=O) groups is 1. The number of ether oxygens (including phenoxy) is 2. The summed E-state index contributed by atoms with van der Waals surface area (Å²) in [6.07, 6.45) is -7.33. The van der Waals surface area contributed by atoms with Gasteiger partial charge in [-0.2, -0.15) is 26.3 Å². The van der Waals surface area contributed by atoms with Crippen LogP contribution >= 0.6 is 0 Å². The Labute approximate surface area is 199 Å². The first-order valence-corrected chi connectivity index (χ1v) is 10.4. The van der Waals surface area contributed by atoms with Gasteiger partial charge in [-0.05, 0) is 25.1 Å². The van der Waals surface area contributed by atoms with Crippen LogP contribution in [0.2, 0.25) is 0 Å². The zero-order valence-corrected chi connectivity index (χ0v) is 18.7. The number of nitrogens with one attached hydrogen (secondary N) is 1. The van der Waals surface area contributed by atoms with E-state index < -0.39 is 77.9 Å². The third-order valence-electron chi connectivity index (χ3n) is 6.14. The van der Waals surface area contributed by atoms with Gasteiger partial charge in [0.15, 0.2) is 17.2 Å². The fourth-order valence-electron chi connectivity index (χ4n) is 4.06. The van der Waals surface area contributed by atoms with Gasteiger partial charge >= 0.3 is 12.8 Å². The van der Waals surface area contributed by atoms with Crippen molar-refractivity contribution in [3.8, 4) is 5.75 Å². The Morgan fingerprint density at radius 3 is 2.53 bits per heavy atom. The van der Waals surface area contributed by atoms with Crippen LogP contribution in [-0.2, 0) is 9.53 Å². The van der Waals surface area contributed by atoms with Gasteiger partial charge in [-0.3, -0.25) is 9.78 Å². The van der Waals surface area contributed by atoms with Crippen molar-refractivity contribution in [1.29, 1.82) is 0 Å². The quantitative estimate of drug-likeness (QED) is 0.471. The summed E-state index contributed by atoms with van der Waals surface area (Å²) in [6, 6.07) is 3.63. The smallest absolute Gasteiger partial charge is 0.417 e. The number of amides is 1. The van der Waals surface area contributed by atoms with Gasteiger partial charge in [0.1, 0.15) is 12.2 Å². The second-order valence-corrected chi connectivity index (χ2v) is 8.27.